The van der Waals surface area contributed by atoms with Gasteiger partial charge in [0.2, 0.25) is 0 Å². The van der Waals surface area contributed by atoms with Crippen molar-refractivity contribution >= 4 is 21.9 Å². The monoisotopic (exact) mass is 308 g/mol. The van der Waals surface area contributed by atoms with Crippen LogP contribution < -0.4 is 4.74 Å². The maximum atomic E-state index is 10.8. The fourth-order valence-corrected chi connectivity index (χ4v) is 2.00. The number of hydrogen-bond donors (Lipinski definition) is 1. The topological polar surface area (TPSA) is 72.3 Å². The number of ether oxygens (including phenoxy) is 1. The highest BCUT2D eigenvalue weighted by atomic mass is 79.9. The van der Waals surface area contributed by atoms with Crippen molar-refractivity contribution in [1.29, 1.82) is 0 Å². The number of halogens is 1. The molecule has 92 valence electrons. The third-order valence-corrected chi connectivity index (χ3v) is 2.95. The molecule has 0 fully saturated rings. The van der Waals surface area contributed by atoms with Crippen LogP contribution in [-0.2, 0) is 0 Å². The molecule has 0 saturated heterocycles. The molecule has 1 aromatic carbocycles. The summed E-state index contributed by atoms with van der Waals surface area (Å²) in [6.07, 6.45) is 1.23. The first kappa shape index (κ1) is 12.5. The zero-order valence-electron chi connectivity index (χ0n) is 9.42. The predicted octanol–water partition coefficient (Wildman–Crippen LogP) is 2.61. The Morgan fingerprint density at radius 3 is 2.72 bits per heavy atom. The second kappa shape index (κ2) is 5.14. The normalized spacial score (nSPS) is 10.1. The SMILES string of the molecule is COc1ccc(-c2cc(C(=O)O)ncn2)cc1Br. The van der Waals surface area contributed by atoms with E-state index in [1.54, 1.807) is 19.2 Å². The van der Waals surface area contributed by atoms with E-state index in [0.29, 0.717) is 11.4 Å². The number of methoxy groups -OCH3 is 1. The summed E-state index contributed by atoms with van der Waals surface area (Å²) in [5.41, 5.74) is 1.30. The fourth-order valence-electron chi connectivity index (χ4n) is 1.46. The Kier molecular flexibility index (Phi) is 3.57. The zero-order chi connectivity index (χ0) is 13.1. The average molecular weight is 309 g/mol. The van der Waals surface area contributed by atoms with Crippen LogP contribution in [0.15, 0.2) is 35.1 Å². The van der Waals surface area contributed by atoms with E-state index in [0.717, 1.165) is 10.0 Å². The van der Waals surface area contributed by atoms with Crippen LogP contribution in [0.1, 0.15) is 10.5 Å². The van der Waals surface area contributed by atoms with Crippen molar-refractivity contribution in [2.45, 2.75) is 0 Å². The van der Waals surface area contributed by atoms with Crippen molar-refractivity contribution < 1.29 is 14.6 Å². The lowest BCUT2D eigenvalue weighted by atomic mass is 10.1. The molecule has 2 aromatic rings. The lowest BCUT2D eigenvalue weighted by Crippen LogP contribution is -2.01. The third-order valence-electron chi connectivity index (χ3n) is 2.33. The summed E-state index contributed by atoms with van der Waals surface area (Å²) in [6, 6.07) is 6.82. The van der Waals surface area contributed by atoms with E-state index in [-0.39, 0.29) is 5.69 Å². The minimum atomic E-state index is -1.08. The highest BCUT2D eigenvalue weighted by Crippen LogP contribution is 2.29. The number of nitrogens with zero attached hydrogens (tertiary/aromatic N) is 2. The van der Waals surface area contributed by atoms with Crippen LogP contribution in [0.2, 0.25) is 0 Å². The smallest absolute Gasteiger partial charge is 0.354 e. The van der Waals surface area contributed by atoms with Crippen molar-refractivity contribution in [2.24, 2.45) is 0 Å². The van der Waals surface area contributed by atoms with Crippen LogP contribution in [0, 0.1) is 0 Å². The molecule has 6 heteroatoms. The van der Waals surface area contributed by atoms with Gasteiger partial charge in [0.1, 0.15) is 12.1 Å². The predicted molar refractivity (Wildman–Crippen MR) is 68.7 cm³/mol. The number of aromatic nitrogens is 2. The maximum absolute atomic E-state index is 10.8. The fraction of sp³-hybridized carbons (Fsp3) is 0.0833. The molecule has 1 N–H and O–H groups in total. The first-order valence-corrected chi connectivity index (χ1v) is 5.80. The Labute approximate surface area is 112 Å². The van der Waals surface area contributed by atoms with Gasteiger partial charge in [0.25, 0.3) is 0 Å². The van der Waals surface area contributed by atoms with Gasteiger partial charge in [0.05, 0.1) is 17.3 Å². The van der Waals surface area contributed by atoms with Gasteiger partial charge in [0, 0.05) is 5.56 Å². The molecular weight excluding hydrogens is 300 g/mol. The third kappa shape index (κ3) is 2.48. The molecule has 2 rings (SSSR count). The highest BCUT2D eigenvalue weighted by Gasteiger charge is 2.09. The van der Waals surface area contributed by atoms with Gasteiger partial charge in [-0.2, -0.15) is 0 Å². The Hall–Kier alpha value is -1.95. The van der Waals surface area contributed by atoms with Crippen LogP contribution in [0.4, 0.5) is 0 Å². The quantitative estimate of drug-likeness (QED) is 0.943. The van der Waals surface area contributed by atoms with E-state index < -0.39 is 5.97 Å². The number of hydrogen-bond acceptors (Lipinski definition) is 4. The van der Waals surface area contributed by atoms with E-state index in [1.807, 2.05) is 6.07 Å². The average Bonchev–Trinajstić information content (AvgIpc) is 2.38. The standard InChI is InChI=1S/C12H9BrN2O3/c1-18-11-3-2-7(4-8(11)13)9-5-10(12(16)17)15-6-14-9/h2-6H,1H3,(H,16,17). The molecule has 0 radical (unpaired) electrons. The summed E-state index contributed by atoms with van der Waals surface area (Å²) < 4.78 is 5.90. The first-order chi connectivity index (χ1) is 8.61. The lowest BCUT2D eigenvalue weighted by Gasteiger charge is -2.06. The van der Waals surface area contributed by atoms with E-state index in [2.05, 4.69) is 25.9 Å². The van der Waals surface area contributed by atoms with Crippen LogP contribution in [0.25, 0.3) is 11.3 Å². The van der Waals surface area contributed by atoms with Gasteiger partial charge in [-0.3, -0.25) is 0 Å². The second-order valence-corrected chi connectivity index (χ2v) is 4.30. The van der Waals surface area contributed by atoms with Crippen molar-refractivity contribution in [2.75, 3.05) is 7.11 Å². The molecule has 5 nitrogen and oxygen atoms in total. The van der Waals surface area contributed by atoms with E-state index in [1.165, 1.54) is 12.4 Å². The number of benzene rings is 1. The van der Waals surface area contributed by atoms with E-state index in [9.17, 15) is 4.79 Å². The van der Waals surface area contributed by atoms with Gasteiger partial charge in [-0.05, 0) is 40.2 Å². The van der Waals surface area contributed by atoms with Crippen molar-refractivity contribution in [1.82, 2.24) is 9.97 Å². The number of rotatable bonds is 3. The summed E-state index contributed by atoms with van der Waals surface area (Å²) in [6.45, 7) is 0. The Balaban J connectivity index is 2.45. The Morgan fingerprint density at radius 1 is 1.33 bits per heavy atom. The van der Waals surface area contributed by atoms with Crippen LogP contribution in [-0.4, -0.2) is 28.2 Å². The van der Waals surface area contributed by atoms with Crippen LogP contribution in [0.5, 0.6) is 5.75 Å². The van der Waals surface area contributed by atoms with Crippen LogP contribution >= 0.6 is 15.9 Å². The molecule has 18 heavy (non-hydrogen) atoms. The number of carboxylic acids is 1. The van der Waals surface area contributed by atoms with Gasteiger partial charge in [-0.15, -0.1) is 0 Å². The van der Waals surface area contributed by atoms with Gasteiger partial charge < -0.3 is 9.84 Å². The van der Waals surface area contributed by atoms with Crippen molar-refractivity contribution in [3.8, 4) is 17.0 Å². The molecule has 0 aliphatic carbocycles. The lowest BCUT2D eigenvalue weighted by molar-refractivity contribution is 0.0690. The van der Waals surface area contributed by atoms with Crippen molar-refractivity contribution in [3.05, 3.63) is 40.8 Å². The molecule has 1 heterocycles. The maximum Gasteiger partial charge on any atom is 0.354 e. The Morgan fingerprint density at radius 2 is 2.11 bits per heavy atom. The van der Waals surface area contributed by atoms with Gasteiger partial charge in [-0.25, -0.2) is 14.8 Å². The summed E-state index contributed by atoms with van der Waals surface area (Å²) >= 11 is 3.37. The molecule has 0 spiro atoms. The molecule has 1 aromatic heterocycles. The van der Waals surface area contributed by atoms with Crippen molar-refractivity contribution in [3.63, 3.8) is 0 Å². The molecule has 0 unspecified atom stereocenters. The van der Waals surface area contributed by atoms with Gasteiger partial charge in [-0.1, -0.05) is 0 Å². The summed E-state index contributed by atoms with van der Waals surface area (Å²) in [7, 11) is 1.58. The molecule has 0 atom stereocenters. The minimum absolute atomic E-state index is 0.0352. The molecule has 0 aliphatic heterocycles. The molecular formula is C12H9BrN2O3. The molecule has 0 amide bonds. The zero-order valence-corrected chi connectivity index (χ0v) is 11.0. The number of carboxylic acid groups (broad SMARTS) is 1. The largest absolute Gasteiger partial charge is 0.496 e. The first-order valence-electron chi connectivity index (χ1n) is 5.01. The number of carbonyl (C=O) groups is 1. The molecule has 0 saturated carbocycles. The summed E-state index contributed by atoms with van der Waals surface area (Å²) in [5.74, 6) is -0.377. The molecule has 0 aliphatic rings. The summed E-state index contributed by atoms with van der Waals surface area (Å²) in [4.78, 5) is 18.6. The second-order valence-electron chi connectivity index (χ2n) is 3.44. The van der Waals surface area contributed by atoms with Gasteiger partial charge in [0.15, 0.2) is 5.69 Å². The van der Waals surface area contributed by atoms with Crippen LogP contribution in [0.3, 0.4) is 0 Å². The van der Waals surface area contributed by atoms with E-state index in [4.69, 9.17) is 9.84 Å². The summed E-state index contributed by atoms with van der Waals surface area (Å²) in [5, 5.41) is 8.87. The van der Waals surface area contributed by atoms with Gasteiger partial charge >= 0.3 is 5.97 Å². The highest BCUT2D eigenvalue weighted by molar-refractivity contribution is 9.10. The Bertz CT molecular complexity index is 602. The van der Waals surface area contributed by atoms with E-state index >= 15 is 0 Å². The number of aromatic carboxylic acids is 1. The minimum Gasteiger partial charge on any atom is -0.496 e. The molecule has 0 bridgehead atoms.